The molecule has 0 saturated carbocycles. The maximum absolute atomic E-state index is 12.3. The quantitative estimate of drug-likeness (QED) is 0.911. The fraction of sp³-hybridized carbons (Fsp3) is 0.286. The van der Waals surface area contributed by atoms with E-state index in [1.54, 1.807) is 22.0 Å². The van der Waals surface area contributed by atoms with Crippen molar-refractivity contribution in [3.8, 4) is 5.69 Å². The van der Waals surface area contributed by atoms with Gasteiger partial charge < -0.3 is 10.6 Å². The summed E-state index contributed by atoms with van der Waals surface area (Å²) in [4.78, 5) is 14.0. The fourth-order valence-electron chi connectivity index (χ4n) is 2.31. The van der Waals surface area contributed by atoms with Crippen LogP contribution in [0.3, 0.4) is 0 Å². The molecule has 106 valence electrons. The van der Waals surface area contributed by atoms with Crippen LogP contribution in [-0.2, 0) is 0 Å². The molecule has 1 atom stereocenters. The molecule has 2 aromatic rings. The lowest BCUT2D eigenvalue weighted by molar-refractivity contribution is 0.0791. The van der Waals surface area contributed by atoms with E-state index in [-0.39, 0.29) is 24.4 Å². The molecule has 2 N–H and O–H groups in total. The molecule has 1 fully saturated rings. The first-order valence-electron chi connectivity index (χ1n) is 6.39. The number of halogens is 1. The first-order valence-corrected chi connectivity index (χ1v) is 6.39. The molecule has 0 aliphatic carbocycles. The highest BCUT2D eigenvalue weighted by atomic mass is 35.5. The second-order valence-corrected chi connectivity index (χ2v) is 4.81. The molecule has 1 unspecified atom stereocenters. The van der Waals surface area contributed by atoms with E-state index < -0.39 is 0 Å². The summed E-state index contributed by atoms with van der Waals surface area (Å²) in [6, 6.07) is 9.84. The molecule has 20 heavy (non-hydrogen) atoms. The van der Waals surface area contributed by atoms with Crippen LogP contribution in [0.5, 0.6) is 0 Å². The van der Waals surface area contributed by atoms with Gasteiger partial charge in [0.05, 0.1) is 17.4 Å². The molecule has 3 rings (SSSR count). The summed E-state index contributed by atoms with van der Waals surface area (Å²) in [7, 11) is 0. The van der Waals surface area contributed by atoms with Gasteiger partial charge in [-0.15, -0.1) is 12.4 Å². The Bertz CT molecular complexity index is 584. The van der Waals surface area contributed by atoms with Crippen molar-refractivity contribution in [3.05, 3.63) is 48.3 Å². The van der Waals surface area contributed by atoms with Crippen molar-refractivity contribution in [2.45, 2.75) is 12.5 Å². The summed E-state index contributed by atoms with van der Waals surface area (Å²) < 4.78 is 1.71. The highest BCUT2D eigenvalue weighted by Crippen LogP contribution is 2.13. The van der Waals surface area contributed by atoms with Crippen molar-refractivity contribution < 1.29 is 4.79 Å². The average molecular weight is 293 g/mol. The number of hydrogen-bond donors (Lipinski definition) is 1. The molecule has 0 spiro atoms. The van der Waals surface area contributed by atoms with Gasteiger partial charge >= 0.3 is 0 Å². The fourth-order valence-corrected chi connectivity index (χ4v) is 2.31. The first kappa shape index (κ1) is 14.6. The van der Waals surface area contributed by atoms with E-state index in [1.165, 1.54) is 0 Å². The number of aromatic nitrogens is 2. The predicted molar refractivity (Wildman–Crippen MR) is 79.3 cm³/mol. The van der Waals surface area contributed by atoms with Gasteiger partial charge in [0.15, 0.2) is 0 Å². The Morgan fingerprint density at radius 1 is 1.30 bits per heavy atom. The Morgan fingerprint density at radius 2 is 2.05 bits per heavy atom. The summed E-state index contributed by atoms with van der Waals surface area (Å²) in [6.07, 6.45) is 4.25. The zero-order valence-corrected chi connectivity index (χ0v) is 11.8. The second kappa shape index (κ2) is 6.07. The number of hydrogen-bond acceptors (Lipinski definition) is 3. The van der Waals surface area contributed by atoms with Crippen LogP contribution in [0, 0.1) is 0 Å². The molecule has 1 saturated heterocycles. The Balaban J connectivity index is 0.00000147. The monoisotopic (exact) mass is 292 g/mol. The smallest absolute Gasteiger partial charge is 0.257 e. The normalized spacial score (nSPS) is 17.9. The van der Waals surface area contributed by atoms with Gasteiger partial charge in [-0.1, -0.05) is 18.2 Å². The van der Waals surface area contributed by atoms with E-state index in [4.69, 9.17) is 5.73 Å². The van der Waals surface area contributed by atoms with E-state index in [1.807, 2.05) is 30.3 Å². The minimum atomic E-state index is 0. The summed E-state index contributed by atoms with van der Waals surface area (Å²) in [6.45, 7) is 1.37. The topological polar surface area (TPSA) is 64.2 Å². The number of amides is 1. The van der Waals surface area contributed by atoms with Crippen LogP contribution >= 0.6 is 12.4 Å². The highest BCUT2D eigenvalue weighted by Gasteiger charge is 2.25. The van der Waals surface area contributed by atoms with Gasteiger partial charge in [-0.2, -0.15) is 5.10 Å². The second-order valence-electron chi connectivity index (χ2n) is 4.81. The standard InChI is InChI=1S/C14H16N4O.ClH/c15-12-6-7-17(10-12)14(19)11-8-16-18(9-11)13-4-2-1-3-5-13;/h1-5,8-9,12H,6-7,10,15H2;1H. The number of likely N-dealkylation sites (tertiary alicyclic amines) is 1. The number of para-hydroxylation sites is 1. The van der Waals surface area contributed by atoms with E-state index in [0.717, 1.165) is 18.7 Å². The molecule has 1 amide bonds. The molecule has 2 heterocycles. The Hall–Kier alpha value is -1.85. The lowest BCUT2D eigenvalue weighted by Gasteiger charge is -2.14. The predicted octanol–water partition coefficient (Wildman–Crippen LogP) is 1.47. The Kier molecular flexibility index (Phi) is 4.42. The van der Waals surface area contributed by atoms with Gasteiger partial charge in [-0.05, 0) is 18.6 Å². The maximum Gasteiger partial charge on any atom is 0.257 e. The van der Waals surface area contributed by atoms with Gasteiger partial charge in [0.1, 0.15) is 0 Å². The number of rotatable bonds is 2. The number of benzene rings is 1. The highest BCUT2D eigenvalue weighted by molar-refractivity contribution is 5.94. The minimum Gasteiger partial charge on any atom is -0.337 e. The van der Waals surface area contributed by atoms with Crippen LogP contribution in [0.4, 0.5) is 0 Å². The average Bonchev–Trinajstić information content (AvgIpc) is 3.08. The summed E-state index contributed by atoms with van der Waals surface area (Å²) >= 11 is 0. The molecular weight excluding hydrogens is 276 g/mol. The summed E-state index contributed by atoms with van der Waals surface area (Å²) in [5, 5.41) is 4.24. The van der Waals surface area contributed by atoms with Gasteiger partial charge in [0, 0.05) is 25.3 Å². The largest absolute Gasteiger partial charge is 0.337 e. The first-order chi connectivity index (χ1) is 9.24. The van der Waals surface area contributed by atoms with Crippen molar-refractivity contribution in [3.63, 3.8) is 0 Å². The molecule has 0 bridgehead atoms. The number of nitrogens with two attached hydrogens (primary N) is 1. The van der Waals surface area contributed by atoms with Crippen molar-refractivity contribution in [2.24, 2.45) is 5.73 Å². The number of nitrogens with zero attached hydrogens (tertiary/aromatic N) is 3. The van der Waals surface area contributed by atoms with Crippen molar-refractivity contribution in [1.29, 1.82) is 0 Å². The van der Waals surface area contributed by atoms with E-state index in [2.05, 4.69) is 5.10 Å². The van der Waals surface area contributed by atoms with Crippen molar-refractivity contribution >= 4 is 18.3 Å². The summed E-state index contributed by atoms with van der Waals surface area (Å²) in [5.41, 5.74) is 7.38. The van der Waals surface area contributed by atoms with Gasteiger partial charge in [-0.3, -0.25) is 4.79 Å². The molecule has 1 aliphatic rings. The molecular formula is C14H17ClN4O. The Labute approximate surface area is 123 Å². The maximum atomic E-state index is 12.3. The molecule has 0 radical (unpaired) electrons. The zero-order chi connectivity index (χ0) is 13.2. The van der Waals surface area contributed by atoms with Crippen LogP contribution in [-0.4, -0.2) is 39.7 Å². The van der Waals surface area contributed by atoms with E-state index in [0.29, 0.717) is 12.1 Å². The Morgan fingerprint density at radius 3 is 2.70 bits per heavy atom. The number of carbonyl (C=O) groups is 1. The van der Waals surface area contributed by atoms with E-state index >= 15 is 0 Å². The molecule has 1 aromatic heterocycles. The van der Waals surface area contributed by atoms with Crippen molar-refractivity contribution in [2.75, 3.05) is 13.1 Å². The molecule has 1 aromatic carbocycles. The minimum absolute atomic E-state index is 0. The third-order valence-electron chi connectivity index (χ3n) is 3.36. The molecule has 6 heteroatoms. The van der Waals surface area contributed by atoms with Crippen molar-refractivity contribution in [1.82, 2.24) is 14.7 Å². The van der Waals surface area contributed by atoms with E-state index in [9.17, 15) is 4.79 Å². The third-order valence-corrected chi connectivity index (χ3v) is 3.36. The summed E-state index contributed by atoms with van der Waals surface area (Å²) in [5.74, 6) is 0.00938. The lowest BCUT2D eigenvalue weighted by Crippen LogP contribution is -2.31. The van der Waals surface area contributed by atoms with Gasteiger partial charge in [0.25, 0.3) is 5.91 Å². The third kappa shape index (κ3) is 2.84. The molecule has 5 nitrogen and oxygen atoms in total. The SMILES string of the molecule is Cl.NC1CCN(C(=O)c2cnn(-c3ccccc3)c2)C1. The van der Waals surface area contributed by atoms with Crippen LogP contribution in [0.15, 0.2) is 42.7 Å². The van der Waals surface area contributed by atoms with Crippen LogP contribution in [0.1, 0.15) is 16.8 Å². The van der Waals surface area contributed by atoms with Crippen LogP contribution < -0.4 is 5.73 Å². The lowest BCUT2D eigenvalue weighted by atomic mass is 10.3. The zero-order valence-electron chi connectivity index (χ0n) is 11.0. The van der Waals surface area contributed by atoms with Gasteiger partial charge in [0.2, 0.25) is 0 Å². The van der Waals surface area contributed by atoms with Crippen LogP contribution in [0.2, 0.25) is 0 Å². The van der Waals surface area contributed by atoms with Gasteiger partial charge in [-0.25, -0.2) is 4.68 Å². The van der Waals surface area contributed by atoms with Crippen LogP contribution in [0.25, 0.3) is 5.69 Å². The molecule has 1 aliphatic heterocycles. The number of carbonyl (C=O) groups excluding carboxylic acids is 1.